The van der Waals surface area contributed by atoms with E-state index in [2.05, 4.69) is 0 Å². The molecule has 0 aliphatic rings. The number of benzene rings is 1. The van der Waals surface area contributed by atoms with Crippen LogP contribution < -0.4 is 0 Å². The van der Waals surface area contributed by atoms with Crippen molar-refractivity contribution in [1.29, 1.82) is 0 Å². The van der Waals surface area contributed by atoms with Gasteiger partial charge in [-0.2, -0.15) is 4.79 Å². The first-order valence-corrected chi connectivity index (χ1v) is 6.74. The van der Waals surface area contributed by atoms with Crippen molar-refractivity contribution in [1.82, 2.24) is 0 Å². The molecule has 1 aromatic carbocycles. The number of amides is 1. The zero-order valence-electron chi connectivity index (χ0n) is 12.6. The van der Waals surface area contributed by atoms with Crippen molar-refractivity contribution >= 4 is 18.0 Å². The summed E-state index contributed by atoms with van der Waals surface area (Å²) in [6, 6.07) is 7.82. The van der Waals surface area contributed by atoms with Crippen LogP contribution in [0.25, 0.3) is 0 Å². The largest absolute Gasteiger partial charge is 0.516 e. The number of aliphatic carboxylic acids is 2. The Morgan fingerprint density at radius 3 is 2.23 bits per heavy atom. The van der Waals surface area contributed by atoms with Crippen molar-refractivity contribution in [2.75, 3.05) is 14.1 Å². The summed E-state index contributed by atoms with van der Waals surface area (Å²) in [7, 11) is 2.79. The maximum Gasteiger partial charge on any atom is 0.516 e. The van der Waals surface area contributed by atoms with Gasteiger partial charge in [-0.15, -0.1) is 0 Å². The third-order valence-corrected chi connectivity index (χ3v) is 3.37. The standard InChI is InChI=1S/C15H19NO6/c1-16(2,12(14(19)20)8-9-13(17)18)15(21)22-10-11-6-4-3-5-7-11/h3-7,12H,8-10H2,1-2H3,(H-,17,18,19,20)/p+1/t12-/m0/s1. The lowest BCUT2D eigenvalue weighted by Gasteiger charge is -2.31. The number of nitrogens with zero attached hydrogens (tertiary/aromatic N) is 1. The molecular weight excluding hydrogens is 290 g/mol. The Morgan fingerprint density at radius 1 is 1.14 bits per heavy atom. The lowest BCUT2D eigenvalue weighted by molar-refractivity contribution is -0.835. The molecule has 1 amide bonds. The molecule has 0 saturated carbocycles. The summed E-state index contributed by atoms with van der Waals surface area (Å²) in [6.45, 7) is 0.0343. The minimum atomic E-state index is -1.23. The molecule has 22 heavy (non-hydrogen) atoms. The molecule has 7 heteroatoms. The van der Waals surface area contributed by atoms with Crippen molar-refractivity contribution in [3.05, 3.63) is 35.9 Å². The van der Waals surface area contributed by atoms with E-state index in [1.54, 1.807) is 24.3 Å². The molecule has 0 saturated heterocycles. The Labute approximate surface area is 128 Å². The molecule has 1 atom stereocenters. The zero-order valence-corrected chi connectivity index (χ0v) is 12.6. The first-order valence-electron chi connectivity index (χ1n) is 6.74. The summed E-state index contributed by atoms with van der Waals surface area (Å²) < 4.78 is 4.58. The second-order valence-corrected chi connectivity index (χ2v) is 5.37. The highest BCUT2D eigenvalue weighted by atomic mass is 16.6. The van der Waals surface area contributed by atoms with Gasteiger partial charge in [0.2, 0.25) is 0 Å². The van der Waals surface area contributed by atoms with Crippen LogP contribution in [0.15, 0.2) is 30.3 Å². The monoisotopic (exact) mass is 310 g/mol. The number of ether oxygens (including phenoxy) is 1. The lowest BCUT2D eigenvalue weighted by atomic mass is 10.1. The van der Waals surface area contributed by atoms with Crippen LogP contribution in [0.3, 0.4) is 0 Å². The van der Waals surface area contributed by atoms with Gasteiger partial charge in [0.15, 0.2) is 6.04 Å². The summed E-state index contributed by atoms with van der Waals surface area (Å²) >= 11 is 0. The fourth-order valence-corrected chi connectivity index (χ4v) is 2.00. The number of carboxylic acid groups (broad SMARTS) is 2. The average molecular weight is 310 g/mol. The molecule has 0 fully saturated rings. The van der Waals surface area contributed by atoms with Crippen LogP contribution in [0.5, 0.6) is 0 Å². The van der Waals surface area contributed by atoms with Crippen molar-refractivity contribution in [2.24, 2.45) is 0 Å². The summed E-state index contributed by atoms with van der Waals surface area (Å²) in [5.74, 6) is -2.34. The second-order valence-electron chi connectivity index (χ2n) is 5.37. The van der Waals surface area contributed by atoms with Gasteiger partial charge in [-0.3, -0.25) is 4.79 Å². The third-order valence-electron chi connectivity index (χ3n) is 3.37. The first-order chi connectivity index (χ1) is 10.2. The average Bonchev–Trinajstić information content (AvgIpc) is 2.45. The van der Waals surface area contributed by atoms with Crippen LogP contribution in [-0.2, 0) is 20.9 Å². The summed E-state index contributed by atoms with van der Waals surface area (Å²) in [5, 5.41) is 17.9. The van der Waals surface area contributed by atoms with E-state index in [9.17, 15) is 19.5 Å². The van der Waals surface area contributed by atoms with E-state index >= 15 is 0 Å². The van der Waals surface area contributed by atoms with Gasteiger partial charge in [-0.05, 0) is 5.56 Å². The van der Waals surface area contributed by atoms with Crippen molar-refractivity contribution < 1.29 is 33.8 Å². The summed E-state index contributed by atoms with van der Waals surface area (Å²) in [4.78, 5) is 34.1. The number of carbonyl (C=O) groups excluding carboxylic acids is 1. The van der Waals surface area contributed by atoms with E-state index < -0.39 is 28.6 Å². The molecule has 0 radical (unpaired) electrons. The summed E-state index contributed by atoms with van der Waals surface area (Å²) in [6.07, 6.45) is -1.20. The number of carboxylic acids is 2. The van der Waals surface area contributed by atoms with Crippen molar-refractivity contribution in [2.45, 2.75) is 25.5 Å². The molecular formula is C15H20NO6+. The lowest BCUT2D eigenvalue weighted by Crippen LogP contribution is -2.57. The topological polar surface area (TPSA) is 101 Å². The predicted octanol–water partition coefficient (Wildman–Crippen LogP) is 1.72. The molecule has 1 rings (SSSR count). The van der Waals surface area contributed by atoms with Gasteiger partial charge in [0, 0.05) is 6.42 Å². The van der Waals surface area contributed by atoms with Gasteiger partial charge in [-0.1, -0.05) is 30.3 Å². The van der Waals surface area contributed by atoms with E-state index in [1.807, 2.05) is 6.07 Å². The van der Waals surface area contributed by atoms with Gasteiger partial charge < -0.3 is 14.9 Å². The molecule has 0 spiro atoms. The first kappa shape index (κ1) is 17.6. The van der Waals surface area contributed by atoms with Gasteiger partial charge in [0.1, 0.15) is 6.61 Å². The fourth-order valence-electron chi connectivity index (χ4n) is 2.00. The van der Waals surface area contributed by atoms with Crippen LogP contribution in [-0.4, -0.2) is 52.9 Å². The minimum Gasteiger partial charge on any atom is -0.481 e. The van der Waals surface area contributed by atoms with Crippen LogP contribution in [0.1, 0.15) is 18.4 Å². The highest BCUT2D eigenvalue weighted by molar-refractivity contribution is 5.76. The Balaban J connectivity index is 2.73. The van der Waals surface area contributed by atoms with Crippen LogP contribution in [0, 0.1) is 0 Å². The normalized spacial score (nSPS) is 12.5. The molecule has 0 aromatic heterocycles. The second kappa shape index (κ2) is 7.56. The minimum absolute atomic E-state index is 0.0343. The van der Waals surface area contributed by atoms with E-state index in [4.69, 9.17) is 9.84 Å². The molecule has 0 bridgehead atoms. The highest BCUT2D eigenvalue weighted by Crippen LogP contribution is 2.16. The Morgan fingerprint density at radius 2 is 1.73 bits per heavy atom. The van der Waals surface area contributed by atoms with E-state index in [0.717, 1.165) is 5.56 Å². The molecule has 2 N–H and O–H groups in total. The molecule has 0 unspecified atom stereocenters. The summed E-state index contributed by atoms with van der Waals surface area (Å²) in [5.41, 5.74) is 0.785. The van der Waals surface area contributed by atoms with Gasteiger partial charge in [0.05, 0.1) is 20.5 Å². The number of likely N-dealkylation sites (N-methyl/N-ethyl adjacent to an activating group) is 1. The molecule has 7 nitrogen and oxygen atoms in total. The molecule has 0 heterocycles. The molecule has 1 aromatic rings. The Kier molecular flexibility index (Phi) is 6.06. The van der Waals surface area contributed by atoms with Crippen LogP contribution in [0.4, 0.5) is 4.79 Å². The van der Waals surface area contributed by atoms with Gasteiger partial charge >= 0.3 is 18.0 Å². The van der Waals surface area contributed by atoms with E-state index in [-0.39, 0.29) is 19.4 Å². The smallest absolute Gasteiger partial charge is 0.481 e. The Hall–Kier alpha value is -2.41. The fraction of sp³-hybridized carbons (Fsp3) is 0.400. The predicted molar refractivity (Wildman–Crippen MR) is 77.0 cm³/mol. The molecule has 120 valence electrons. The van der Waals surface area contributed by atoms with E-state index in [1.165, 1.54) is 14.1 Å². The number of quaternary nitrogens is 1. The van der Waals surface area contributed by atoms with Gasteiger partial charge in [0.25, 0.3) is 0 Å². The Bertz CT molecular complexity index is 540. The van der Waals surface area contributed by atoms with Crippen molar-refractivity contribution in [3.63, 3.8) is 0 Å². The van der Waals surface area contributed by atoms with E-state index in [0.29, 0.717) is 0 Å². The zero-order chi connectivity index (χ0) is 16.8. The number of hydrogen-bond acceptors (Lipinski definition) is 4. The number of rotatable bonds is 7. The SMILES string of the molecule is C[N+](C)(C(=O)OCc1ccccc1)[C@@H](CCC(=O)O)C(=O)O. The quantitative estimate of drug-likeness (QED) is 0.744. The van der Waals surface area contributed by atoms with Gasteiger partial charge in [-0.25, -0.2) is 9.28 Å². The molecule has 0 aliphatic heterocycles. The number of carbonyl (C=O) groups is 3. The maximum absolute atomic E-state index is 12.2. The molecule has 0 aliphatic carbocycles. The highest BCUT2D eigenvalue weighted by Gasteiger charge is 2.43. The van der Waals surface area contributed by atoms with Crippen LogP contribution in [0.2, 0.25) is 0 Å². The third kappa shape index (κ3) is 4.85. The number of hydrogen-bond donors (Lipinski definition) is 2. The van der Waals surface area contributed by atoms with Crippen LogP contribution >= 0.6 is 0 Å². The maximum atomic E-state index is 12.2. The van der Waals surface area contributed by atoms with Crippen molar-refractivity contribution in [3.8, 4) is 0 Å².